The molecule has 0 spiro atoms. The molecular weight excluding hydrogens is 270 g/mol. The van der Waals surface area contributed by atoms with Gasteiger partial charge < -0.3 is 10.4 Å². The zero-order chi connectivity index (χ0) is 14.7. The number of hydrazine groups is 1. The number of nitrogens with zero attached hydrogens (tertiary/aromatic N) is 3. The number of nitrogen functional groups attached to an aromatic ring is 1. The van der Waals surface area contributed by atoms with Crippen LogP contribution in [-0.2, 0) is 0 Å². The van der Waals surface area contributed by atoms with Crippen LogP contribution in [0.5, 0.6) is 0 Å². The van der Waals surface area contributed by atoms with E-state index in [1.54, 1.807) is 6.20 Å². The molecule has 0 bridgehead atoms. The predicted molar refractivity (Wildman–Crippen MR) is 80.6 cm³/mol. The zero-order valence-corrected chi connectivity index (χ0v) is 11.9. The second-order valence-corrected chi connectivity index (χ2v) is 5.74. The molecule has 1 aliphatic carbocycles. The fourth-order valence-electron chi connectivity index (χ4n) is 3.00. The van der Waals surface area contributed by atoms with Gasteiger partial charge in [-0.1, -0.05) is 19.3 Å². The lowest BCUT2D eigenvalue weighted by Crippen LogP contribution is -2.35. The number of rotatable bonds is 5. The van der Waals surface area contributed by atoms with Crippen molar-refractivity contribution in [1.82, 2.24) is 20.2 Å². The second-order valence-electron chi connectivity index (χ2n) is 5.74. The average molecular weight is 291 g/mol. The first-order valence-electron chi connectivity index (χ1n) is 7.29. The molecule has 8 nitrogen and oxygen atoms in total. The lowest BCUT2D eigenvalue weighted by Gasteiger charge is -2.35. The zero-order valence-electron chi connectivity index (χ0n) is 11.9. The number of aromatic amines is 1. The summed E-state index contributed by atoms with van der Waals surface area (Å²) in [6, 6.07) is 0. The number of H-pyrrole nitrogens is 1. The number of nitrogens with one attached hydrogen (secondary N) is 3. The summed E-state index contributed by atoms with van der Waals surface area (Å²) in [5, 5.41) is 20.7. The SMILES string of the molecule is NNc1nc(NCC2(CO)CCCCC2)c2cn[nH]c2n1. The molecule has 6 N–H and O–H groups in total. The third-order valence-electron chi connectivity index (χ3n) is 4.32. The van der Waals surface area contributed by atoms with E-state index in [2.05, 4.69) is 30.9 Å². The van der Waals surface area contributed by atoms with Crippen molar-refractivity contribution in [3.63, 3.8) is 0 Å². The summed E-state index contributed by atoms with van der Waals surface area (Å²) in [5.41, 5.74) is 3.02. The number of aliphatic hydroxyl groups is 1. The highest BCUT2D eigenvalue weighted by atomic mass is 16.3. The smallest absolute Gasteiger partial charge is 0.241 e. The lowest BCUT2D eigenvalue weighted by molar-refractivity contribution is 0.0943. The molecule has 0 radical (unpaired) electrons. The Morgan fingerprint density at radius 1 is 1.29 bits per heavy atom. The molecule has 21 heavy (non-hydrogen) atoms. The van der Waals surface area contributed by atoms with Crippen molar-refractivity contribution in [3.05, 3.63) is 6.20 Å². The molecule has 1 aliphatic rings. The van der Waals surface area contributed by atoms with Crippen molar-refractivity contribution in [2.45, 2.75) is 32.1 Å². The van der Waals surface area contributed by atoms with Gasteiger partial charge in [-0.05, 0) is 12.8 Å². The molecule has 0 unspecified atom stereocenters. The van der Waals surface area contributed by atoms with Crippen LogP contribution in [0.2, 0.25) is 0 Å². The Labute approximate surface area is 122 Å². The number of aliphatic hydroxyl groups excluding tert-OH is 1. The third-order valence-corrected chi connectivity index (χ3v) is 4.32. The van der Waals surface area contributed by atoms with E-state index in [9.17, 15) is 5.11 Å². The molecule has 1 fully saturated rings. The predicted octanol–water partition coefficient (Wildman–Crippen LogP) is 0.993. The minimum absolute atomic E-state index is 0.0600. The molecule has 0 aliphatic heterocycles. The van der Waals surface area contributed by atoms with Crippen LogP contribution in [0.4, 0.5) is 11.8 Å². The Kier molecular flexibility index (Phi) is 3.89. The molecule has 8 heteroatoms. The van der Waals surface area contributed by atoms with Gasteiger partial charge in [0, 0.05) is 12.0 Å². The summed E-state index contributed by atoms with van der Waals surface area (Å²) in [5.74, 6) is 6.40. The minimum atomic E-state index is -0.0600. The lowest BCUT2D eigenvalue weighted by atomic mass is 9.74. The normalized spacial score (nSPS) is 17.8. The molecule has 0 aromatic carbocycles. The first kappa shape index (κ1) is 14.0. The maximum absolute atomic E-state index is 9.77. The quantitative estimate of drug-likeness (QED) is 0.411. The van der Waals surface area contributed by atoms with E-state index in [4.69, 9.17) is 5.84 Å². The first-order chi connectivity index (χ1) is 10.3. The van der Waals surface area contributed by atoms with Crippen LogP contribution in [0.1, 0.15) is 32.1 Å². The van der Waals surface area contributed by atoms with Gasteiger partial charge in [-0.25, -0.2) is 5.84 Å². The largest absolute Gasteiger partial charge is 0.396 e. The summed E-state index contributed by atoms with van der Waals surface area (Å²) in [4.78, 5) is 8.53. The van der Waals surface area contributed by atoms with Gasteiger partial charge >= 0.3 is 0 Å². The van der Waals surface area contributed by atoms with Gasteiger partial charge in [-0.3, -0.25) is 10.5 Å². The highest BCUT2D eigenvalue weighted by Crippen LogP contribution is 2.36. The van der Waals surface area contributed by atoms with Crippen LogP contribution in [0.15, 0.2) is 6.20 Å². The van der Waals surface area contributed by atoms with E-state index in [-0.39, 0.29) is 12.0 Å². The van der Waals surface area contributed by atoms with Crippen LogP contribution >= 0.6 is 0 Å². The van der Waals surface area contributed by atoms with Gasteiger partial charge in [0.25, 0.3) is 0 Å². The van der Waals surface area contributed by atoms with Crippen molar-refractivity contribution in [3.8, 4) is 0 Å². The van der Waals surface area contributed by atoms with Gasteiger partial charge in [0.1, 0.15) is 5.82 Å². The van der Waals surface area contributed by atoms with Gasteiger partial charge in [-0.15, -0.1) is 0 Å². The number of aromatic nitrogens is 4. The highest BCUT2D eigenvalue weighted by molar-refractivity contribution is 5.86. The molecule has 114 valence electrons. The average Bonchev–Trinajstić information content (AvgIpc) is 3.02. The number of anilines is 2. The number of hydrogen-bond acceptors (Lipinski definition) is 7. The minimum Gasteiger partial charge on any atom is -0.396 e. The second kappa shape index (κ2) is 5.82. The molecular formula is C13H21N7O. The van der Waals surface area contributed by atoms with Crippen LogP contribution < -0.4 is 16.6 Å². The Morgan fingerprint density at radius 2 is 2.10 bits per heavy atom. The van der Waals surface area contributed by atoms with Crippen molar-refractivity contribution in [2.75, 3.05) is 23.9 Å². The summed E-state index contributed by atoms with van der Waals surface area (Å²) in [7, 11) is 0. The molecule has 3 rings (SSSR count). The number of nitrogens with two attached hydrogens (primary N) is 1. The van der Waals surface area contributed by atoms with Gasteiger partial charge in [-0.2, -0.15) is 15.1 Å². The van der Waals surface area contributed by atoms with Crippen LogP contribution in [0.25, 0.3) is 11.0 Å². The maximum Gasteiger partial charge on any atom is 0.241 e. The van der Waals surface area contributed by atoms with Gasteiger partial charge in [0.15, 0.2) is 5.65 Å². The molecule has 2 heterocycles. The summed E-state index contributed by atoms with van der Waals surface area (Å²) in [6.45, 7) is 0.881. The topological polar surface area (TPSA) is 125 Å². The number of fused-ring (bicyclic) bond motifs is 1. The van der Waals surface area contributed by atoms with Crippen molar-refractivity contribution >= 4 is 22.8 Å². The van der Waals surface area contributed by atoms with Crippen LogP contribution in [0, 0.1) is 5.41 Å². The molecule has 2 aromatic rings. The Morgan fingerprint density at radius 3 is 2.81 bits per heavy atom. The van der Waals surface area contributed by atoms with E-state index in [0.717, 1.165) is 18.2 Å². The molecule has 2 aromatic heterocycles. The van der Waals surface area contributed by atoms with Crippen molar-refractivity contribution in [2.24, 2.45) is 11.3 Å². The van der Waals surface area contributed by atoms with E-state index in [1.165, 1.54) is 19.3 Å². The molecule has 0 saturated heterocycles. The van der Waals surface area contributed by atoms with Crippen molar-refractivity contribution < 1.29 is 5.11 Å². The molecule has 0 atom stereocenters. The third kappa shape index (κ3) is 2.77. The standard InChI is InChI=1S/C13H21N7O/c14-19-12-17-10(9-6-16-20-11(9)18-12)15-7-13(8-21)4-2-1-3-5-13/h6,21H,1-5,7-8,14H2,(H3,15,16,17,18,19,20). The summed E-state index contributed by atoms with van der Waals surface area (Å²) >= 11 is 0. The van der Waals surface area contributed by atoms with E-state index >= 15 is 0 Å². The van der Waals surface area contributed by atoms with Crippen LogP contribution in [-0.4, -0.2) is 38.4 Å². The fourth-order valence-corrected chi connectivity index (χ4v) is 3.00. The number of hydrogen-bond donors (Lipinski definition) is 5. The van der Waals surface area contributed by atoms with Crippen LogP contribution in [0.3, 0.4) is 0 Å². The van der Waals surface area contributed by atoms with Crippen molar-refractivity contribution in [1.29, 1.82) is 0 Å². The Balaban J connectivity index is 1.82. The van der Waals surface area contributed by atoms with E-state index in [0.29, 0.717) is 24.0 Å². The molecule has 1 saturated carbocycles. The maximum atomic E-state index is 9.77. The fraction of sp³-hybridized carbons (Fsp3) is 0.615. The Bertz CT molecular complexity index is 606. The van der Waals surface area contributed by atoms with E-state index < -0.39 is 0 Å². The van der Waals surface area contributed by atoms with Gasteiger partial charge in [0.05, 0.1) is 18.2 Å². The monoisotopic (exact) mass is 291 g/mol. The van der Waals surface area contributed by atoms with E-state index in [1.807, 2.05) is 0 Å². The Hall–Kier alpha value is -1.93. The summed E-state index contributed by atoms with van der Waals surface area (Å²) in [6.07, 6.45) is 7.36. The molecule has 0 amide bonds. The first-order valence-corrected chi connectivity index (χ1v) is 7.29. The summed E-state index contributed by atoms with van der Waals surface area (Å²) < 4.78 is 0. The highest BCUT2D eigenvalue weighted by Gasteiger charge is 2.31. The van der Waals surface area contributed by atoms with Gasteiger partial charge in [0.2, 0.25) is 5.95 Å².